The highest BCUT2D eigenvalue weighted by molar-refractivity contribution is 4.91. The van der Waals surface area contributed by atoms with Crippen LogP contribution in [0.3, 0.4) is 0 Å². The minimum atomic E-state index is 0.745. The quantitative estimate of drug-likeness (QED) is 0.678. The van der Waals surface area contributed by atoms with E-state index in [-0.39, 0.29) is 0 Å². The van der Waals surface area contributed by atoms with Gasteiger partial charge in [-0.15, -0.1) is 0 Å². The molecule has 2 N–H and O–H groups in total. The molecule has 3 nitrogen and oxygen atoms in total. The molecule has 1 saturated carbocycles. The number of nitrogens with one attached hydrogen (secondary N) is 2. The fourth-order valence-corrected chi connectivity index (χ4v) is 2.56. The molecule has 2 unspecified atom stereocenters. The average molecular weight is 225 g/mol. The summed E-state index contributed by atoms with van der Waals surface area (Å²) in [6.07, 6.45) is 4.25. The first-order valence-electron chi connectivity index (χ1n) is 6.97. The van der Waals surface area contributed by atoms with Crippen molar-refractivity contribution in [3.05, 3.63) is 0 Å². The maximum absolute atomic E-state index is 3.72. The van der Waals surface area contributed by atoms with Gasteiger partial charge in [0, 0.05) is 25.2 Å². The molecule has 0 bridgehead atoms. The summed E-state index contributed by atoms with van der Waals surface area (Å²) < 4.78 is 0. The highest BCUT2D eigenvalue weighted by Gasteiger charge is 2.34. The first kappa shape index (κ1) is 12.3. The van der Waals surface area contributed by atoms with Crippen LogP contribution in [-0.2, 0) is 0 Å². The Bertz CT molecular complexity index is 203. The lowest BCUT2D eigenvalue weighted by Crippen LogP contribution is -2.38. The molecule has 0 aromatic heterocycles. The second-order valence-corrected chi connectivity index (χ2v) is 5.53. The molecule has 2 rings (SSSR count). The molecular weight excluding hydrogens is 198 g/mol. The van der Waals surface area contributed by atoms with Crippen LogP contribution < -0.4 is 10.6 Å². The predicted octanol–water partition coefficient (Wildman–Crippen LogP) is 1.06. The van der Waals surface area contributed by atoms with Crippen molar-refractivity contribution in [1.29, 1.82) is 0 Å². The Hall–Kier alpha value is -0.120. The van der Waals surface area contributed by atoms with E-state index >= 15 is 0 Å². The van der Waals surface area contributed by atoms with Crippen LogP contribution in [0.5, 0.6) is 0 Å². The maximum atomic E-state index is 3.72. The fraction of sp³-hybridized carbons (Fsp3) is 1.00. The van der Waals surface area contributed by atoms with Gasteiger partial charge in [-0.3, -0.25) is 4.90 Å². The summed E-state index contributed by atoms with van der Waals surface area (Å²) in [5.41, 5.74) is 0. The standard InChI is InChI=1S/C13H27N3/c1-3-14-8-11(2)9-15-12-6-7-16(10-12)13-4-5-13/h11-15H,3-10H2,1-2H3. The average Bonchev–Trinajstić information content (AvgIpc) is 3.03. The molecule has 0 spiro atoms. The van der Waals surface area contributed by atoms with E-state index in [1.54, 1.807) is 0 Å². The SMILES string of the molecule is CCNCC(C)CNC1CCN(C2CC2)C1. The third-order valence-electron chi connectivity index (χ3n) is 3.78. The Morgan fingerprint density at radius 1 is 1.25 bits per heavy atom. The van der Waals surface area contributed by atoms with Crippen molar-refractivity contribution in [2.24, 2.45) is 5.92 Å². The highest BCUT2D eigenvalue weighted by atomic mass is 15.2. The Morgan fingerprint density at radius 3 is 2.75 bits per heavy atom. The zero-order valence-corrected chi connectivity index (χ0v) is 10.8. The lowest BCUT2D eigenvalue weighted by Gasteiger charge is -2.18. The van der Waals surface area contributed by atoms with Gasteiger partial charge in [-0.2, -0.15) is 0 Å². The second kappa shape index (κ2) is 5.99. The molecule has 3 heteroatoms. The van der Waals surface area contributed by atoms with Crippen LogP contribution in [-0.4, -0.2) is 49.7 Å². The van der Waals surface area contributed by atoms with E-state index in [9.17, 15) is 0 Å². The van der Waals surface area contributed by atoms with E-state index in [0.29, 0.717) is 0 Å². The van der Waals surface area contributed by atoms with E-state index in [0.717, 1.165) is 37.6 Å². The molecule has 0 amide bonds. The van der Waals surface area contributed by atoms with Crippen LogP contribution in [0.15, 0.2) is 0 Å². The van der Waals surface area contributed by atoms with Crippen LogP contribution in [0, 0.1) is 5.92 Å². The minimum absolute atomic E-state index is 0.745. The fourth-order valence-electron chi connectivity index (χ4n) is 2.56. The van der Waals surface area contributed by atoms with E-state index in [1.807, 2.05) is 0 Å². The Kier molecular flexibility index (Phi) is 4.62. The van der Waals surface area contributed by atoms with Crippen molar-refractivity contribution in [2.45, 2.75) is 45.2 Å². The molecule has 1 heterocycles. The van der Waals surface area contributed by atoms with Crippen LogP contribution in [0.25, 0.3) is 0 Å². The lowest BCUT2D eigenvalue weighted by molar-refractivity contribution is 0.314. The van der Waals surface area contributed by atoms with E-state index in [1.165, 1.54) is 32.4 Å². The molecule has 2 atom stereocenters. The number of nitrogens with zero attached hydrogens (tertiary/aromatic N) is 1. The second-order valence-electron chi connectivity index (χ2n) is 5.53. The summed E-state index contributed by atoms with van der Waals surface area (Å²) in [6, 6.07) is 1.70. The molecule has 1 aliphatic carbocycles. The zero-order chi connectivity index (χ0) is 11.4. The monoisotopic (exact) mass is 225 g/mol. The van der Waals surface area contributed by atoms with Crippen molar-refractivity contribution < 1.29 is 0 Å². The van der Waals surface area contributed by atoms with Crippen molar-refractivity contribution in [3.8, 4) is 0 Å². The van der Waals surface area contributed by atoms with Gasteiger partial charge in [0.1, 0.15) is 0 Å². The Morgan fingerprint density at radius 2 is 2.06 bits per heavy atom. The van der Waals surface area contributed by atoms with Gasteiger partial charge in [0.2, 0.25) is 0 Å². The van der Waals surface area contributed by atoms with Crippen LogP contribution in [0.1, 0.15) is 33.1 Å². The van der Waals surface area contributed by atoms with Crippen molar-refractivity contribution in [1.82, 2.24) is 15.5 Å². The summed E-state index contributed by atoms with van der Waals surface area (Å²) in [6.45, 7) is 10.5. The maximum Gasteiger partial charge on any atom is 0.0207 e. The molecular formula is C13H27N3. The molecule has 0 aromatic rings. The summed E-state index contributed by atoms with van der Waals surface area (Å²) in [5.74, 6) is 0.745. The summed E-state index contributed by atoms with van der Waals surface area (Å²) >= 11 is 0. The third-order valence-corrected chi connectivity index (χ3v) is 3.78. The van der Waals surface area contributed by atoms with Crippen LogP contribution in [0.4, 0.5) is 0 Å². The Labute approximate surface area is 100.0 Å². The predicted molar refractivity (Wildman–Crippen MR) is 68.7 cm³/mol. The minimum Gasteiger partial charge on any atom is -0.317 e. The molecule has 0 radical (unpaired) electrons. The van der Waals surface area contributed by atoms with Gasteiger partial charge in [-0.1, -0.05) is 13.8 Å². The lowest BCUT2D eigenvalue weighted by atomic mass is 10.1. The Balaban J connectivity index is 1.56. The summed E-state index contributed by atoms with van der Waals surface area (Å²) in [7, 11) is 0. The number of likely N-dealkylation sites (tertiary alicyclic amines) is 1. The smallest absolute Gasteiger partial charge is 0.0207 e. The largest absolute Gasteiger partial charge is 0.317 e. The molecule has 16 heavy (non-hydrogen) atoms. The highest BCUT2D eigenvalue weighted by Crippen LogP contribution is 2.29. The van der Waals surface area contributed by atoms with Crippen LogP contribution in [0.2, 0.25) is 0 Å². The first-order valence-corrected chi connectivity index (χ1v) is 6.97. The van der Waals surface area contributed by atoms with E-state index in [2.05, 4.69) is 29.4 Å². The van der Waals surface area contributed by atoms with E-state index < -0.39 is 0 Å². The summed E-state index contributed by atoms with van der Waals surface area (Å²) in [5, 5.41) is 7.13. The first-order chi connectivity index (χ1) is 7.79. The molecule has 2 fully saturated rings. The van der Waals surface area contributed by atoms with Crippen molar-refractivity contribution in [2.75, 3.05) is 32.7 Å². The molecule has 94 valence electrons. The van der Waals surface area contributed by atoms with Gasteiger partial charge in [-0.05, 0) is 44.8 Å². The van der Waals surface area contributed by atoms with E-state index in [4.69, 9.17) is 0 Å². The van der Waals surface area contributed by atoms with Crippen molar-refractivity contribution in [3.63, 3.8) is 0 Å². The molecule has 2 aliphatic rings. The van der Waals surface area contributed by atoms with Gasteiger partial charge in [0.05, 0.1) is 0 Å². The number of hydrogen-bond donors (Lipinski definition) is 2. The topological polar surface area (TPSA) is 27.3 Å². The van der Waals surface area contributed by atoms with Gasteiger partial charge in [-0.25, -0.2) is 0 Å². The van der Waals surface area contributed by atoms with Gasteiger partial charge >= 0.3 is 0 Å². The van der Waals surface area contributed by atoms with Crippen molar-refractivity contribution >= 4 is 0 Å². The number of hydrogen-bond acceptors (Lipinski definition) is 3. The molecule has 0 aromatic carbocycles. The normalized spacial score (nSPS) is 28.5. The van der Waals surface area contributed by atoms with Crippen LogP contribution >= 0.6 is 0 Å². The van der Waals surface area contributed by atoms with Gasteiger partial charge < -0.3 is 10.6 Å². The zero-order valence-electron chi connectivity index (χ0n) is 10.8. The molecule has 1 aliphatic heterocycles. The summed E-state index contributed by atoms with van der Waals surface area (Å²) in [4.78, 5) is 2.67. The third kappa shape index (κ3) is 3.72. The van der Waals surface area contributed by atoms with Gasteiger partial charge in [0.25, 0.3) is 0 Å². The molecule has 1 saturated heterocycles. The number of rotatable bonds is 7. The van der Waals surface area contributed by atoms with Gasteiger partial charge in [0.15, 0.2) is 0 Å².